The summed E-state index contributed by atoms with van der Waals surface area (Å²) in [6.07, 6.45) is 1.85. The van der Waals surface area contributed by atoms with Gasteiger partial charge >= 0.3 is 0 Å². The van der Waals surface area contributed by atoms with Crippen LogP contribution in [0.3, 0.4) is 0 Å². The van der Waals surface area contributed by atoms with Gasteiger partial charge in [0.2, 0.25) is 0 Å². The summed E-state index contributed by atoms with van der Waals surface area (Å²) in [7, 11) is 0. The van der Waals surface area contributed by atoms with Gasteiger partial charge in [-0.25, -0.2) is 0 Å². The molecule has 82 valence electrons. The van der Waals surface area contributed by atoms with Gasteiger partial charge in [-0.15, -0.1) is 6.58 Å². The van der Waals surface area contributed by atoms with Crippen LogP contribution in [0.2, 0.25) is 0 Å². The minimum Gasteiger partial charge on any atom is -0.329 e. The van der Waals surface area contributed by atoms with Gasteiger partial charge in [-0.1, -0.05) is 24.3 Å². The van der Waals surface area contributed by atoms with Gasteiger partial charge in [0.05, 0.1) is 0 Å². The molecular formula is C13H20N2. The zero-order valence-electron chi connectivity index (χ0n) is 9.59. The lowest BCUT2D eigenvalue weighted by Crippen LogP contribution is -2.29. The van der Waals surface area contributed by atoms with Crippen LogP contribution in [0.15, 0.2) is 30.9 Å². The second-order valence-electron chi connectivity index (χ2n) is 3.77. The van der Waals surface area contributed by atoms with Crippen LogP contribution in [-0.4, -0.2) is 13.1 Å². The summed E-state index contributed by atoms with van der Waals surface area (Å²) < 4.78 is 0. The third-order valence-corrected chi connectivity index (χ3v) is 2.77. The van der Waals surface area contributed by atoms with Crippen molar-refractivity contribution in [2.24, 2.45) is 5.73 Å². The third kappa shape index (κ3) is 2.91. The standard InChI is InChI=1S/C13H20N2/c1-4-8-15-13(9-14)12-7-5-6-10(2)11(12)3/h4-7,13,15H,1,8-9,14H2,2-3H3. The van der Waals surface area contributed by atoms with Gasteiger partial charge in [0.1, 0.15) is 0 Å². The van der Waals surface area contributed by atoms with Crippen LogP contribution < -0.4 is 11.1 Å². The molecule has 0 aliphatic rings. The summed E-state index contributed by atoms with van der Waals surface area (Å²) in [5.74, 6) is 0. The lowest BCUT2D eigenvalue weighted by atomic mass is 9.97. The molecular weight excluding hydrogens is 184 g/mol. The highest BCUT2D eigenvalue weighted by Crippen LogP contribution is 2.19. The Morgan fingerprint density at radius 1 is 1.47 bits per heavy atom. The molecule has 0 aromatic heterocycles. The number of aryl methyl sites for hydroxylation is 1. The van der Waals surface area contributed by atoms with E-state index < -0.39 is 0 Å². The van der Waals surface area contributed by atoms with Gasteiger partial charge < -0.3 is 11.1 Å². The number of nitrogens with one attached hydrogen (secondary N) is 1. The monoisotopic (exact) mass is 204 g/mol. The van der Waals surface area contributed by atoms with Crippen LogP contribution in [-0.2, 0) is 0 Å². The number of hydrogen-bond donors (Lipinski definition) is 2. The summed E-state index contributed by atoms with van der Waals surface area (Å²) >= 11 is 0. The van der Waals surface area contributed by atoms with Crippen molar-refractivity contribution in [3.05, 3.63) is 47.5 Å². The van der Waals surface area contributed by atoms with Crippen LogP contribution in [0.1, 0.15) is 22.7 Å². The maximum absolute atomic E-state index is 5.77. The van der Waals surface area contributed by atoms with Crippen molar-refractivity contribution in [3.63, 3.8) is 0 Å². The van der Waals surface area contributed by atoms with Gasteiger partial charge in [0.25, 0.3) is 0 Å². The van der Waals surface area contributed by atoms with Gasteiger partial charge in [-0.2, -0.15) is 0 Å². The minimum atomic E-state index is 0.225. The van der Waals surface area contributed by atoms with E-state index in [0.717, 1.165) is 6.54 Å². The molecule has 0 bridgehead atoms. The zero-order chi connectivity index (χ0) is 11.3. The molecule has 1 atom stereocenters. The Hall–Kier alpha value is -1.12. The van der Waals surface area contributed by atoms with Crippen molar-refractivity contribution in [1.82, 2.24) is 5.32 Å². The smallest absolute Gasteiger partial charge is 0.0449 e. The fourth-order valence-corrected chi connectivity index (χ4v) is 1.70. The van der Waals surface area contributed by atoms with Crippen molar-refractivity contribution in [1.29, 1.82) is 0 Å². The number of rotatable bonds is 5. The Morgan fingerprint density at radius 2 is 2.20 bits per heavy atom. The van der Waals surface area contributed by atoms with Crippen LogP contribution in [0.5, 0.6) is 0 Å². The van der Waals surface area contributed by atoms with Gasteiger partial charge in [0, 0.05) is 19.1 Å². The topological polar surface area (TPSA) is 38.0 Å². The summed E-state index contributed by atoms with van der Waals surface area (Å²) in [4.78, 5) is 0. The second kappa shape index (κ2) is 5.69. The first-order chi connectivity index (χ1) is 7.20. The van der Waals surface area contributed by atoms with E-state index >= 15 is 0 Å². The highest BCUT2D eigenvalue weighted by atomic mass is 14.9. The molecule has 3 N–H and O–H groups in total. The normalized spacial score (nSPS) is 12.5. The van der Waals surface area contributed by atoms with E-state index in [1.54, 1.807) is 0 Å². The van der Waals surface area contributed by atoms with Crippen molar-refractivity contribution in [3.8, 4) is 0 Å². The SMILES string of the molecule is C=CCNC(CN)c1cccc(C)c1C. The molecule has 15 heavy (non-hydrogen) atoms. The highest BCUT2D eigenvalue weighted by molar-refractivity contribution is 5.35. The van der Waals surface area contributed by atoms with E-state index in [-0.39, 0.29) is 6.04 Å². The molecule has 0 radical (unpaired) electrons. The molecule has 2 nitrogen and oxygen atoms in total. The van der Waals surface area contributed by atoms with Crippen LogP contribution in [0.4, 0.5) is 0 Å². The first-order valence-corrected chi connectivity index (χ1v) is 5.31. The molecule has 1 aromatic rings. The average molecular weight is 204 g/mol. The second-order valence-corrected chi connectivity index (χ2v) is 3.77. The quantitative estimate of drug-likeness (QED) is 0.721. The fourth-order valence-electron chi connectivity index (χ4n) is 1.70. The summed E-state index contributed by atoms with van der Waals surface area (Å²) in [5.41, 5.74) is 9.69. The lowest BCUT2D eigenvalue weighted by molar-refractivity contribution is 0.574. The van der Waals surface area contributed by atoms with Gasteiger partial charge in [-0.05, 0) is 30.5 Å². The first-order valence-electron chi connectivity index (χ1n) is 5.31. The van der Waals surface area contributed by atoms with Crippen LogP contribution in [0, 0.1) is 13.8 Å². The molecule has 0 aliphatic carbocycles. The van der Waals surface area contributed by atoms with E-state index in [9.17, 15) is 0 Å². The van der Waals surface area contributed by atoms with Gasteiger partial charge in [0.15, 0.2) is 0 Å². The molecule has 1 unspecified atom stereocenters. The maximum atomic E-state index is 5.77. The van der Waals surface area contributed by atoms with Crippen molar-refractivity contribution in [2.75, 3.05) is 13.1 Å². The van der Waals surface area contributed by atoms with E-state index in [2.05, 4.69) is 43.9 Å². The molecule has 0 saturated carbocycles. The molecule has 0 fully saturated rings. The minimum absolute atomic E-state index is 0.225. The third-order valence-electron chi connectivity index (χ3n) is 2.77. The van der Waals surface area contributed by atoms with Crippen molar-refractivity contribution >= 4 is 0 Å². The highest BCUT2D eigenvalue weighted by Gasteiger charge is 2.11. The molecule has 0 saturated heterocycles. The average Bonchev–Trinajstić information content (AvgIpc) is 2.25. The first kappa shape index (κ1) is 12.0. The summed E-state index contributed by atoms with van der Waals surface area (Å²) in [5, 5.41) is 3.36. The van der Waals surface area contributed by atoms with E-state index in [1.807, 2.05) is 6.08 Å². The summed E-state index contributed by atoms with van der Waals surface area (Å²) in [6, 6.07) is 6.56. The molecule has 0 heterocycles. The van der Waals surface area contributed by atoms with Crippen LogP contribution in [0.25, 0.3) is 0 Å². The van der Waals surface area contributed by atoms with Crippen LogP contribution >= 0.6 is 0 Å². The molecule has 0 spiro atoms. The Balaban J connectivity index is 2.90. The van der Waals surface area contributed by atoms with Crippen molar-refractivity contribution < 1.29 is 0 Å². The van der Waals surface area contributed by atoms with Crippen molar-refractivity contribution in [2.45, 2.75) is 19.9 Å². The Kier molecular flexibility index (Phi) is 4.53. The predicted octanol–water partition coefficient (Wildman–Crippen LogP) is 2.08. The summed E-state index contributed by atoms with van der Waals surface area (Å²) in [6.45, 7) is 9.36. The Labute approximate surface area is 92.2 Å². The number of benzene rings is 1. The Morgan fingerprint density at radius 3 is 2.80 bits per heavy atom. The van der Waals surface area contributed by atoms with E-state index in [0.29, 0.717) is 6.54 Å². The fraction of sp³-hybridized carbons (Fsp3) is 0.385. The predicted molar refractivity (Wildman–Crippen MR) is 65.9 cm³/mol. The van der Waals surface area contributed by atoms with E-state index in [4.69, 9.17) is 5.73 Å². The molecule has 0 amide bonds. The molecule has 0 aliphatic heterocycles. The maximum Gasteiger partial charge on any atom is 0.0449 e. The molecule has 1 rings (SSSR count). The lowest BCUT2D eigenvalue weighted by Gasteiger charge is -2.19. The van der Waals surface area contributed by atoms with Gasteiger partial charge in [-0.3, -0.25) is 0 Å². The number of nitrogens with two attached hydrogens (primary N) is 1. The Bertz CT molecular complexity index is 331. The largest absolute Gasteiger partial charge is 0.329 e. The molecule has 2 heteroatoms. The van der Waals surface area contributed by atoms with E-state index in [1.165, 1.54) is 16.7 Å². The number of hydrogen-bond acceptors (Lipinski definition) is 2. The zero-order valence-corrected chi connectivity index (χ0v) is 9.59. The molecule has 1 aromatic carbocycles.